The van der Waals surface area contributed by atoms with Gasteiger partial charge in [0.2, 0.25) is 10.0 Å². The molecule has 4 N–H and O–H groups in total. The van der Waals surface area contributed by atoms with Crippen LogP contribution in [0.2, 0.25) is 0 Å². The molecule has 0 saturated heterocycles. The molecule has 0 radical (unpaired) electrons. The van der Waals surface area contributed by atoms with Crippen molar-refractivity contribution < 1.29 is 28.2 Å². The monoisotopic (exact) mass is 402 g/mol. The molecule has 1 heterocycles. The molecule has 1 aromatic heterocycles. The lowest BCUT2D eigenvalue weighted by Crippen LogP contribution is -2.42. The molecule has 146 valence electrons. The van der Waals surface area contributed by atoms with Crippen LogP contribution in [0.1, 0.15) is 21.5 Å². The zero-order chi connectivity index (χ0) is 20.5. The fourth-order valence-electron chi connectivity index (χ4n) is 2.95. The number of aromatic carboxylic acids is 1. The lowest BCUT2D eigenvalue weighted by atomic mass is 10.1. The van der Waals surface area contributed by atoms with E-state index in [0.29, 0.717) is 11.1 Å². The first-order valence-electron chi connectivity index (χ1n) is 8.33. The second-order valence-electron chi connectivity index (χ2n) is 6.36. The summed E-state index contributed by atoms with van der Waals surface area (Å²) >= 11 is 0. The Morgan fingerprint density at radius 2 is 1.86 bits per heavy atom. The van der Waals surface area contributed by atoms with Crippen LogP contribution >= 0.6 is 0 Å². The highest BCUT2D eigenvalue weighted by atomic mass is 32.2. The number of aromatic nitrogens is 1. The minimum absolute atomic E-state index is 0.0732. The molecule has 1 atom stereocenters. The number of carboxylic acids is 2. The summed E-state index contributed by atoms with van der Waals surface area (Å²) in [7, 11) is -4.24. The number of fused-ring (bicyclic) bond motifs is 1. The van der Waals surface area contributed by atoms with Crippen LogP contribution in [0.25, 0.3) is 10.9 Å². The molecule has 0 amide bonds. The average Bonchev–Trinajstić information content (AvgIpc) is 3.04. The molecule has 0 fully saturated rings. The number of nitrogens with one attached hydrogen (secondary N) is 2. The van der Waals surface area contributed by atoms with Crippen molar-refractivity contribution in [2.45, 2.75) is 24.3 Å². The van der Waals surface area contributed by atoms with Crippen LogP contribution in [0.4, 0.5) is 0 Å². The molecule has 0 aliphatic carbocycles. The number of para-hydroxylation sites is 1. The number of aliphatic carboxylic acids is 1. The van der Waals surface area contributed by atoms with Gasteiger partial charge in [-0.25, -0.2) is 13.2 Å². The quantitative estimate of drug-likeness (QED) is 0.478. The Balaban J connectivity index is 1.91. The van der Waals surface area contributed by atoms with E-state index in [2.05, 4.69) is 9.71 Å². The SMILES string of the molecule is Cc1ccc(S(=O)(=O)N[C@@H](Cc2c[nH]c3ccccc23)C(=O)O)cc1C(=O)O. The molecule has 3 aromatic rings. The Morgan fingerprint density at radius 3 is 2.54 bits per heavy atom. The van der Waals surface area contributed by atoms with Gasteiger partial charge in [0.25, 0.3) is 0 Å². The maximum Gasteiger partial charge on any atom is 0.335 e. The van der Waals surface area contributed by atoms with Crippen molar-refractivity contribution in [1.82, 2.24) is 9.71 Å². The number of carbonyl (C=O) groups is 2. The highest BCUT2D eigenvalue weighted by Crippen LogP contribution is 2.21. The van der Waals surface area contributed by atoms with E-state index in [1.54, 1.807) is 19.2 Å². The predicted octanol–water partition coefficient (Wildman–Crippen LogP) is 2.15. The van der Waals surface area contributed by atoms with Gasteiger partial charge in [0.05, 0.1) is 10.5 Å². The molecule has 0 bridgehead atoms. The van der Waals surface area contributed by atoms with Crippen LogP contribution in [-0.2, 0) is 21.2 Å². The van der Waals surface area contributed by atoms with Crippen LogP contribution in [-0.4, -0.2) is 41.6 Å². The van der Waals surface area contributed by atoms with Crippen molar-refractivity contribution in [3.05, 3.63) is 65.4 Å². The maximum atomic E-state index is 12.7. The van der Waals surface area contributed by atoms with Gasteiger partial charge in [-0.15, -0.1) is 0 Å². The van der Waals surface area contributed by atoms with Crippen molar-refractivity contribution in [3.8, 4) is 0 Å². The number of aryl methyl sites for hydroxylation is 1. The summed E-state index contributed by atoms with van der Waals surface area (Å²) in [5, 5.41) is 19.5. The maximum absolute atomic E-state index is 12.7. The number of hydrogen-bond acceptors (Lipinski definition) is 4. The zero-order valence-electron chi connectivity index (χ0n) is 14.8. The van der Waals surface area contributed by atoms with E-state index >= 15 is 0 Å². The number of benzene rings is 2. The van der Waals surface area contributed by atoms with Gasteiger partial charge in [-0.3, -0.25) is 4.79 Å². The van der Waals surface area contributed by atoms with E-state index in [1.807, 2.05) is 18.2 Å². The van der Waals surface area contributed by atoms with Crippen LogP contribution in [0.3, 0.4) is 0 Å². The Morgan fingerprint density at radius 1 is 1.14 bits per heavy atom. The number of carboxylic acid groups (broad SMARTS) is 2. The van der Waals surface area contributed by atoms with Crippen LogP contribution in [0, 0.1) is 6.92 Å². The lowest BCUT2D eigenvalue weighted by molar-refractivity contribution is -0.138. The van der Waals surface area contributed by atoms with Crippen molar-refractivity contribution in [2.24, 2.45) is 0 Å². The number of aromatic amines is 1. The van der Waals surface area contributed by atoms with Crippen LogP contribution in [0.5, 0.6) is 0 Å². The molecule has 0 spiro atoms. The van der Waals surface area contributed by atoms with Crippen molar-refractivity contribution in [1.29, 1.82) is 0 Å². The Kier molecular flexibility index (Phi) is 5.21. The van der Waals surface area contributed by atoms with Gasteiger partial charge < -0.3 is 15.2 Å². The number of H-pyrrole nitrogens is 1. The summed E-state index contributed by atoms with van der Waals surface area (Å²) in [4.78, 5) is 25.6. The van der Waals surface area contributed by atoms with Gasteiger partial charge in [-0.05, 0) is 36.2 Å². The fraction of sp³-hybridized carbons (Fsp3) is 0.158. The van der Waals surface area contributed by atoms with Gasteiger partial charge in [-0.2, -0.15) is 4.72 Å². The standard InChI is InChI=1S/C19H18N2O6S/c1-11-6-7-13(9-15(11)18(22)23)28(26,27)21-17(19(24)25)8-12-10-20-16-5-3-2-4-14(12)16/h2-7,9-10,17,20-21H,8H2,1H3,(H,22,23)(H,24,25)/t17-/m0/s1. The lowest BCUT2D eigenvalue weighted by Gasteiger charge is -2.15. The van der Waals surface area contributed by atoms with Gasteiger partial charge >= 0.3 is 11.9 Å². The number of hydrogen-bond donors (Lipinski definition) is 4. The predicted molar refractivity (Wildman–Crippen MR) is 102 cm³/mol. The molecule has 8 nitrogen and oxygen atoms in total. The third-order valence-corrected chi connectivity index (χ3v) is 5.91. The molecule has 0 aliphatic heterocycles. The van der Waals surface area contributed by atoms with E-state index in [9.17, 15) is 28.2 Å². The van der Waals surface area contributed by atoms with Gasteiger partial charge in [-0.1, -0.05) is 24.3 Å². The molecular weight excluding hydrogens is 384 g/mol. The third kappa shape index (κ3) is 3.90. The first-order valence-corrected chi connectivity index (χ1v) is 9.81. The number of sulfonamides is 1. The molecule has 0 aliphatic rings. The largest absolute Gasteiger partial charge is 0.480 e. The summed E-state index contributed by atoms with van der Waals surface area (Å²) in [6.07, 6.45) is 1.57. The summed E-state index contributed by atoms with van der Waals surface area (Å²) in [5.74, 6) is -2.59. The van der Waals surface area contributed by atoms with Gasteiger partial charge in [0.1, 0.15) is 6.04 Å². The average molecular weight is 402 g/mol. The number of rotatable bonds is 7. The van der Waals surface area contributed by atoms with Crippen LogP contribution in [0.15, 0.2) is 53.6 Å². The first-order chi connectivity index (χ1) is 13.2. The summed E-state index contributed by atoms with van der Waals surface area (Å²) in [5.41, 5.74) is 1.71. The summed E-state index contributed by atoms with van der Waals surface area (Å²) in [6.45, 7) is 1.55. The normalized spacial score (nSPS) is 12.8. The van der Waals surface area contributed by atoms with Gasteiger partial charge in [0, 0.05) is 23.5 Å². The highest BCUT2D eigenvalue weighted by molar-refractivity contribution is 7.89. The molecule has 28 heavy (non-hydrogen) atoms. The van der Waals surface area contributed by atoms with E-state index < -0.39 is 28.0 Å². The minimum atomic E-state index is -4.24. The molecular formula is C19H18N2O6S. The molecule has 0 unspecified atom stereocenters. The Labute approximate surface area is 160 Å². The van der Waals surface area contributed by atoms with Crippen molar-refractivity contribution in [2.75, 3.05) is 0 Å². The minimum Gasteiger partial charge on any atom is -0.480 e. The van der Waals surface area contributed by atoms with Crippen molar-refractivity contribution >= 4 is 32.9 Å². The first kappa shape index (κ1) is 19.6. The topological polar surface area (TPSA) is 137 Å². The van der Waals surface area contributed by atoms with E-state index in [0.717, 1.165) is 17.0 Å². The van der Waals surface area contributed by atoms with Crippen LogP contribution < -0.4 is 4.72 Å². The molecule has 9 heteroatoms. The Bertz CT molecular complexity index is 1170. The van der Waals surface area contributed by atoms with Gasteiger partial charge in [0.15, 0.2) is 0 Å². The second kappa shape index (κ2) is 7.45. The van der Waals surface area contributed by atoms with E-state index in [-0.39, 0.29) is 16.9 Å². The Hall–Kier alpha value is -3.17. The second-order valence-corrected chi connectivity index (χ2v) is 8.07. The summed E-state index contributed by atoms with van der Waals surface area (Å²) < 4.78 is 27.5. The zero-order valence-corrected chi connectivity index (χ0v) is 15.7. The summed E-state index contributed by atoms with van der Waals surface area (Å²) in [6, 6.07) is 9.49. The molecule has 3 rings (SSSR count). The fourth-order valence-corrected chi connectivity index (χ4v) is 4.17. The van der Waals surface area contributed by atoms with E-state index in [1.165, 1.54) is 12.1 Å². The molecule has 0 saturated carbocycles. The highest BCUT2D eigenvalue weighted by Gasteiger charge is 2.27. The molecule has 2 aromatic carbocycles. The van der Waals surface area contributed by atoms with Crippen molar-refractivity contribution in [3.63, 3.8) is 0 Å². The van der Waals surface area contributed by atoms with E-state index in [4.69, 9.17) is 0 Å². The third-order valence-electron chi connectivity index (χ3n) is 4.44. The smallest absolute Gasteiger partial charge is 0.335 e.